The molecule has 6 nitrogen and oxygen atoms in total. The summed E-state index contributed by atoms with van der Waals surface area (Å²) in [5.41, 5.74) is 4.68. The molecule has 4 N–H and O–H groups in total. The number of hydrogen-bond donors (Lipinski definition) is 4. The van der Waals surface area contributed by atoms with Gasteiger partial charge in [-0.2, -0.15) is 4.98 Å². The summed E-state index contributed by atoms with van der Waals surface area (Å²) in [5.74, 6) is 1.40. The van der Waals surface area contributed by atoms with E-state index in [2.05, 4.69) is 67.0 Å². The third kappa shape index (κ3) is 3.27. The Bertz CT molecular complexity index is 1240. The number of para-hydroxylation sites is 1. The van der Waals surface area contributed by atoms with E-state index in [1.165, 1.54) is 21.9 Å². The number of fused-ring (bicyclic) bond motifs is 2. The van der Waals surface area contributed by atoms with Crippen LogP contribution in [0.25, 0.3) is 21.8 Å². The van der Waals surface area contributed by atoms with Crippen molar-refractivity contribution in [1.29, 1.82) is 0 Å². The Balaban J connectivity index is 1.25. The highest BCUT2D eigenvalue weighted by Crippen LogP contribution is 2.19. The van der Waals surface area contributed by atoms with Gasteiger partial charge in [0, 0.05) is 48.1 Å². The summed E-state index contributed by atoms with van der Waals surface area (Å²) < 4.78 is 0. The van der Waals surface area contributed by atoms with Gasteiger partial charge in [-0.25, -0.2) is 4.98 Å². The Hall–Kier alpha value is -3.80. The van der Waals surface area contributed by atoms with E-state index in [1.54, 1.807) is 6.20 Å². The molecule has 0 saturated heterocycles. The standard InChI is InChI=1S/C22H20N6/c1-2-4-20-18(3-1)17(13-25-20)14-27-22-24-10-8-21(28-22)26-12-15-5-6-19-16(11-15)7-9-23-19/h1-11,13,23,25H,12,14H2,(H2,24,26,27,28). The Labute approximate surface area is 162 Å². The van der Waals surface area contributed by atoms with Crippen LogP contribution in [-0.4, -0.2) is 19.9 Å². The van der Waals surface area contributed by atoms with Crippen LogP contribution in [0.15, 0.2) is 73.2 Å². The monoisotopic (exact) mass is 368 g/mol. The van der Waals surface area contributed by atoms with Gasteiger partial charge in [-0.15, -0.1) is 0 Å². The molecule has 0 saturated carbocycles. The average molecular weight is 368 g/mol. The number of rotatable bonds is 6. The molecule has 28 heavy (non-hydrogen) atoms. The predicted molar refractivity (Wildman–Crippen MR) is 113 cm³/mol. The van der Waals surface area contributed by atoms with Crippen molar-refractivity contribution in [3.63, 3.8) is 0 Å². The summed E-state index contributed by atoms with van der Waals surface area (Å²) in [5, 5.41) is 9.11. The van der Waals surface area contributed by atoms with E-state index in [4.69, 9.17) is 0 Å². The number of nitrogens with zero attached hydrogens (tertiary/aromatic N) is 2. The van der Waals surface area contributed by atoms with Crippen molar-refractivity contribution in [1.82, 2.24) is 19.9 Å². The number of hydrogen-bond acceptors (Lipinski definition) is 4. The molecule has 0 aliphatic carbocycles. The van der Waals surface area contributed by atoms with E-state index in [9.17, 15) is 0 Å². The summed E-state index contributed by atoms with van der Waals surface area (Å²) >= 11 is 0. The number of aromatic amines is 2. The molecule has 0 bridgehead atoms. The molecule has 6 heteroatoms. The normalized spacial score (nSPS) is 11.1. The van der Waals surface area contributed by atoms with E-state index in [0.717, 1.165) is 16.9 Å². The summed E-state index contributed by atoms with van der Waals surface area (Å²) in [7, 11) is 0. The lowest BCUT2D eigenvalue weighted by Gasteiger charge is -2.08. The van der Waals surface area contributed by atoms with Crippen LogP contribution in [0.4, 0.5) is 11.8 Å². The highest BCUT2D eigenvalue weighted by molar-refractivity contribution is 5.83. The molecule has 0 unspecified atom stereocenters. The molecule has 5 rings (SSSR count). The molecule has 3 heterocycles. The molecule has 2 aromatic carbocycles. The number of H-pyrrole nitrogens is 2. The van der Waals surface area contributed by atoms with Crippen molar-refractivity contribution < 1.29 is 0 Å². The maximum atomic E-state index is 4.57. The highest BCUT2D eigenvalue weighted by atomic mass is 15.1. The Morgan fingerprint density at radius 3 is 2.82 bits per heavy atom. The summed E-state index contributed by atoms with van der Waals surface area (Å²) in [4.78, 5) is 15.4. The zero-order valence-electron chi connectivity index (χ0n) is 15.2. The Morgan fingerprint density at radius 2 is 1.82 bits per heavy atom. The van der Waals surface area contributed by atoms with E-state index < -0.39 is 0 Å². The molecule has 0 spiro atoms. The molecule has 3 aromatic heterocycles. The second kappa shape index (κ2) is 7.08. The summed E-state index contributed by atoms with van der Waals surface area (Å²) in [6, 6.07) is 18.6. The van der Waals surface area contributed by atoms with Crippen molar-refractivity contribution in [3.8, 4) is 0 Å². The molecular formula is C22H20N6. The van der Waals surface area contributed by atoms with Crippen LogP contribution in [0, 0.1) is 0 Å². The van der Waals surface area contributed by atoms with Crippen LogP contribution in [0.1, 0.15) is 11.1 Å². The van der Waals surface area contributed by atoms with Crippen LogP contribution in [-0.2, 0) is 13.1 Å². The zero-order chi connectivity index (χ0) is 18.8. The van der Waals surface area contributed by atoms with Crippen molar-refractivity contribution in [2.24, 2.45) is 0 Å². The second-order valence-electron chi connectivity index (χ2n) is 6.73. The van der Waals surface area contributed by atoms with Crippen LogP contribution in [0.3, 0.4) is 0 Å². The number of aromatic nitrogens is 4. The quantitative estimate of drug-likeness (QED) is 0.351. The van der Waals surface area contributed by atoms with E-state index in [1.807, 2.05) is 30.6 Å². The fraction of sp³-hybridized carbons (Fsp3) is 0.0909. The van der Waals surface area contributed by atoms with Gasteiger partial charge < -0.3 is 20.6 Å². The van der Waals surface area contributed by atoms with Crippen LogP contribution >= 0.6 is 0 Å². The minimum atomic E-state index is 0.608. The van der Waals surface area contributed by atoms with Crippen molar-refractivity contribution >= 4 is 33.6 Å². The van der Waals surface area contributed by atoms with E-state index in [0.29, 0.717) is 19.0 Å². The van der Waals surface area contributed by atoms with Crippen LogP contribution in [0.2, 0.25) is 0 Å². The molecule has 5 aromatic rings. The van der Waals surface area contributed by atoms with E-state index in [-0.39, 0.29) is 0 Å². The summed E-state index contributed by atoms with van der Waals surface area (Å²) in [6.07, 6.45) is 5.75. The molecule has 0 radical (unpaired) electrons. The minimum absolute atomic E-state index is 0.608. The van der Waals surface area contributed by atoms with Gasteiger partial charge in [0.1, 0.15) is 5.82 Å². The first-order valence-corrected chi connectivity index (χ1v) is 9.27. The lowest BCUT2D eigenvalue weighted by Crippen LogP contribution is -2.06. The van der Waals surface area contributed by atoms with E-state index >= 15 is 0 Å². The largest absolute Gasteiger partial charge is 0.366 e. The maximum Gasteiger partial charge on any atom is 0.224 e. The third-order valence-corrected chi connectivity index (χ3v) is 4.86. The molecule has 0 aliphatic heterocycles. The fourth-order valence-electron chi connectivity index (χ4n) is 3.40. The molecular weight excluding hydrogens is 348 g/mol. The van der Waals surface area contributed by atoms with Gasteiger partial charge in [0.05, 0.1) is 0 Å². The number of nitrogens with one attached hydrogen (secondary N) is 4. The second-order valence-corrected chi connectivity index (χ2v) is 6.73. The fourth-order valence-corrected chi connectivity index (χ4v) is 3.40. The first kappa shape index (κ1) is 16.4. The van der Waals surface area contributed by atoms with Gasteiger partial charge in [-0.3, -0.25) is 0 Å². The predicted octanol–water partition coefficient (Wildman–Crippen LogP) is 4.66. The summed E-state index contributed by atoms with van der Waals surface area (Å²) in [6.45, 7) is 1.37. The van der Waals surface area contributed by atoms with Gasteiger partial charge >= 0.3 is 0 Å². The molecule has 138 valence electrons. The third-order valence-electron chi connectivity index (χ3n) is 4.86. The molecule has 0 fully saturated rings. The van der Waals surface area contributed by atoms with Crippen LogP contribution in [0.5, 0.6) is 0 Å². The Morgan fingerprint density at radius 1 is 0.857 bits per heavy atom. The number of benzene rings is 2. The lowest BCUT2D eigenvalue weighted by molar-refractivity contribution is 1.04. The van der Waals surface area contributed by atoms with Crippen molar-refractivity contribution in [2.75, 3.05) is 10.6 Å². The topological polar surface area (TPSA) is 81.4 Å². The molecule has 0 atom stereocenters. The van der Waals surface area contributed by atoms with Gasteiger partial charge in [0.2, 0.25) is 5.95 Å². The maximum absolute atomic E-state index is 4.57. The number of anilines is 2. The minimum Gasteiger partial charge on any atom is -0.366 e. The van der Waals surface area contributed by atoms with Crippen molar-refractivity contribution in [3.05, 3.63) is 84.3 Å². The van der Waals surface area contributed by atoms with Crippen LogP contribution < -0.4 is 10.6 Å². The van der Waals surface area contributed by atoms with Crippen molar-refractivity contribution in [2.45, 2.75) is 13.1 Å². The SMILES string of the molecule is c1ccc2c(CNc3nccc(NCc4ccc5[nH]ccc5c4)n3)c[nH]c2c1. The first-order valence-electron chi connectivity index (χ1n) is 9.27. The Kier molecular flexibility index (Phi) is 4.14. The lowest BCUT2D eigenvalue weighted by atomic mass is 10.1. The van der Waals surface area contributed by atoms with Gasteiger partial charge in [-0.05, 0) is 46.8 Å². The average Bonchev–Trinajstić information content (AvgIpc) is 3.37. The van der Waals surface area contributed by atoms with Gasteiger partial charge in [-0.1, -0.05) is 24.3 Å². The highest BCUT2D eigenvalue weighted by Gasteiger charge is 2.05. The molecule has 0 amide bonds. The smallest absolute Gasteiger partial charge is 0.224 e. The first-order chi connectivity index (χ1) is 13.8. The molecule has 0 aliphatic rings. The van der Waals surface area contributed by atoms with Gasteiger partial charge in [0.15, 0.2) is 0 Å². The van der Waals surface area contributed by atoms with Gasteiger partial charge in [0.25, 0.3) is 0 Å². The zero-order valence-corrected chi connectivity index (χ0v) is 15.2.